The lowest BCUT2D eigenvalue weighted by molar-refractivity contribution is 0.634. The third kappa shape index (κ3) is 4.68. The predicted molar refractivity (Wildman–Crippen MR) is 61.8 cm³/mol. The second kappa shape index (κ2) is 6.44. The Morgan fingerprint density at radius 1 is 1.15 bits per heavy atom. The fraction of sp³-hybridized carbons (Fsp3) is 0.636. The fourth-order valence-corrected chi connectivity index (χ4v) is 2.52. The molecule has 1 heterocycles. The molecular weight excluding hydrogens is 200 g/mol. The Labute approximate surface area is 89.9 Å². The number of halogens is 1. The van der Waals surface area contributed by atoms with Gasteiger partial charge in [0.1, 0.15) is 0 Å². The molecule has 0 amide bonds. The van der Waals surface area contributed by atoms with Crippen LogP contribution in [-0.4, -0.2) is 0 Å². The number of rotatable bonds is 6. The quantitative estimate of drug-likeness (QED) is 0.593. The van der Waals surface area contributed by atoms with Crippen LogP contribution in [0.4, 0.5) is 0 Å². The number of thiophene rings is 1. The van der Waals surface area contributed by atoms with E-state index in [0.29, 0.717) is 0 Å². The molecule has 0 N–H and O–H groups in total. The van der Waals surface area contributed by atoms with Crippen LogP contribution in [0.5, 0.6) is 0 Å². The fourth-order valence-electron chi connectivity index (χ4n) is 1.39. The van der Waals surface area contributed by atoms with E-state index >= 15 is 0 Å². The van der Waals surface area contributed by atoms with E-state index in [0.717, 1.165) is 4.34 Å². The van der Waals surface area contributed by atoms with Gasteiger partial charge in [-0.25, -0.2) is 0 Å². The van der Waals surface area contributed by atoms with Gasteiger partial charge in [-0.1, -0.05) is 44.2 Å². The van der Waals surface area contributed by atoms with Crippen LogP contribution in [0.15, 0.2) is 12.1 Å². The van der Waals surface area contributed by atoms with Crippen LogP contribution in [-0.2, 0) is 6.42 Å². The maximum absolute atomic E-state index is 5.84. The SMILES string of the molecule is CCCCCCCc1ccc(Cl)s1. The summed E-state index contributed by atoms with van der Waals surface area (Å²) in [5.41, 5.74) is 0. The molecule has 0 spiro atoms. The minimum absolute atomic E-state index is 0.920. The molecule has 0 aliphatic rings. The second-order valence-corrected chi connectivity index (χ2v) is 5.17. The molecule has 0 saturated carbocycles. The first kappa shape index (κ1) is 11.1. The minimum Gasteiger partial charge on any atom is -0.128 e. The van der Waals surface area contributed by atoms with Gasteiger partial charge in [0.15, 0.2) is 0 Å². The van der Waals surface area contributed by atoms with Crippen molar-refractivity contribution in [1.82, 2.24) is 0 Å². The molecule has 0 aromatic carbocycles. The summed E-state index contributed by atoms with van der Waals surface area (Å²) in [6.07, 6.45) is 7.98. The molecule has 0 atom stereocenters. The Morgan fingerprint density at radius 3 is 2.54 bits per heavy atom. The smallest absolute Gasteiger partial charge is 0.0931 e. The molecule has 0 aliphatic carbocycles. The number of hydrogen-bond acceptors (Lipinski definition) is 1. The van der Waals surface area contributed by atoms with Gasteiger partial charge in [-0.05, 0) is 25.0 Å². The molecule has 13 heavy (non-hydrogen) atoms. The Balaban J connectivity index is 2.06. The summed E-state index contributed by atoms with van der Waals surface area (Å²) >= 11 is 7.56. The first-order valence-corrected chi connectivity index (χ1v) is 6.26. The maximum atomic E-state index is 5.84. The van der Waals surface area contributed by atoms with Gasteiger partial charge in [0.05, 0.1) is 4.34 Å². The summed E-state index contributed by atoms with van der Waals surface area (Å²) in [6, 6.07) is 4.14. The van der Waals surface area contributed by atoms with Crippen LogP contribution < -0.4 is 0 Å². The predicted octanol–water partition coefficient (Wildman–Crippen LogP) is 4.91. The molecule has 0 aliphatic heterocycles. The molecule has 1 rings (SSSR count). The van der Waals surface area contributed by atoms with Crippen molar-refractivity contribution in [2.24, 2.45) is 0 Å². The van der Waals surface area contributed by atoms with E-state index in [1.165, 1.54) is 43.4 Å². The lowest BCUT2D eigenvalue weighted by atomic mass is 10.1. The van der Waals surface area contributed by atoms with Gasteiger partial charge >= 0.3 is 0 Å². The van der Waals surface area contributed by atoms with Gasteiger partial charge in [0.2, 0.25) is 0 Å². The summed E-state index contributed by atoms with van der Waals surface area (Å²) in [5.74, 6) is 0. The zero-order valence-electron chi connectivity index (χ0n) is 8.18. The van der Waals surface area contributed by atoms with E-state index in [4.69, 9.17) is 11.6 Å². The zero-order valence-corrected chi connectivity index (χ0v) is 9.76. The van der Waals surface area contributed by atoms with Crippen LogP contribution in [0, 0.1) is 0 Å². The molecule has 74 valence electrons. The van der Waals surface area contributed by atoms with Crippen LogP contribution >= 0.6 is 22.9 Å². The van der Waals surface area contributed by atoms with Crippen LogP contribution in [0.1, 0.15) is 43.9 Å². The van der Waals surface area contributed by atoms with Crippen molar-refractivity contribution in [3.05, 3.63) is 21.3 Å². The molecule has 1 aromatic heterocycles. The summed E-state index contributed by atoms with van der Waals surface area (Å²) in [6.45, 7) is 2.25. The summed E-state index contributed by atoms with van der Waals surface area (Å²) in [7, 11) is 0. The highest BCUT2D eigenvalue weighted by atomic mass is 35.5. The lowest BCUT2D eigenvalue weighted by Gasteiger charge is -1.97. The van der Waals surface area contributed by atoms with Gasteiger partial charge in [-0.2, -0.15) is 0 Å². The van der Waals surface area contributed by atoms with Crippen molar-refractivity contribution in [1.29, 1.82) is 0 Å². The van der Waals surface area contributed by atoms with Crippen LogP contribution in [0.25, 0.3) is 0 Å². The van der Waals surface area contributed by atoms with Gasteiger partial charge < -0.3 is 0 Å². The van der Waals surface area contributed by atoms with E-state index in [-0.39, 0.29) is 0 Å². The van der Waals surface area contributed by atoms with Gasteiger partial charge in [0.25, 0.3) is 0 Å². The van der Waals surface area contributed by atoms with Crippen LogP contribution in [0.2, 0.25) is 4.34 Å². The number of hydrogen-bond donors (Lipinski definition) is 0. The molecule has 0 bridgehead atoms. The monoisotopic (exact) mass is 216 g/mol. The van der Waals surface area contributed by atoms with Gasteiger partial charge in [0, 0.05) is 4.88 Å². The topological polar surface area (TPSA) is 0 Å². The molecule has 1 aromatic rings. The highest BCUT2D eigenvalue weighted by molar-refractivity contribution is 7.16. The zero-order chi connectivity index (χ0) is 9.52. The van der Waals surface area contributed by atoms with Crippen molar-refractivity contribution in [2.75, 3.05) is 0 Å². The first-order valence-electron chi connectivity index (χ1n) is 5.07. The molecular formula is C11H17ClS. The van der Waals surface area contributed by atoms with E-state index in [1.54, 1.807) is 11.3 Å². The Kier molecular flexibility index (Phi) is 5.49. The Bertz CT molecular complexity index is 230. The van der Waals surface area contributed by atoms with E-state index in [2.05, 4.69) is 13.0 Å². The molecule has 0 nitrogen and oxygen atoms in total. The normalized spacial score (nSPS) is 10.6. The largest absolute Gasteiger partial charge is 0.128 e. The molecule has 0 saturated heterocycles. The van der Waals surface area contributed by atoms with Crippen molar-refractivity contribution in [3.8, 4) is 0 Å². The average molecular weight is 217 g/mol. The number of unbranched alkanes of at least 4 members (excludes halogenated alkanes) is 4. The number of aryl methyl sites for hydroxylation is 1. The summed E-state index contributed by atoms with van der Waals surface area (Å²) in [5, 5.41) is 0. The minimum atomic E-state index is 0.920. The first-order chi connectivity index (χ1) is 6.33. The Morgan fingerprint density at radius 2 is 1.92 bits per heavy atom. The third-order valence-corrected chi connectivity index (χ3v) is 3.45. The highest BCUT2D eigenvalue weighted by Gasteiger charge is 1.97. The highest BCUT2D eigenvalue weighted by Crippen LogP contribution is 2.23. The molecule has 0 unspecified atom stereocenters. The van der Waals surface area contributed by atoms with Crippen molar-refractivity contribution < 1.29 is 0 Å². The van der Waals surface area contributed by atoms with Crippen molar-refractivity contribution in [3.63, 3.8) is 0 Å². The summed E-state index contributed by atoms with van der Waals surface area (Å²) < 4.78 is 0.920. The van der Waals surface area contributed by atoms with Gasteiger partial charge in [-0.3, -0.25) is 0 Å². The molecule has 0 fully saturated rings. The van der Waals surface area contributed by atoms with E-state index in [1.807, 2.05) is 6.07 Å². The molecule has 0 radical (unpaired) electrons. The third-order valence-electron chi connectivity index (χ3n) is 2.16. The van der Waals surface area contributed by atoms with Crippen LogP contribution in [0.3, 0.4) is 0 Å². The van der Waals surface area contributed by atoms with E-state index in [9.17, 15) is 0 Å². The Hall–Kier alpha value is -0.0100. The van der Waals surface area contributed by atoms with Crippen molar-refractivity contribution >= 4 is 22.9 Å². The standard InChI is InChI=1S/C11H17ClS/c1-2-3-4-5-6-7-10-8-9-11(12)13-10/h8-9H,2-7H2,1H3. The van der Waals surface area contributed by atoms with E-state index < -0.39 is 0 Å². The second-order valence-electron chi connectivity index (χ2n) is 3.37. The lowest BCUT2D eigenvalue weighted by Crippen LogP contribution is -1.81. The maximum Gasteiger partial charge on any atom is 0.0931 e. The average Bonchev–Trinajstić information content (AvgIpc) is 2.51. The van der Waals surface area contributed by atoms with Gasteiger partial charge in [-0.15, -0.1) is 11.3 Å². The van der Waals surface area contributed by atoms with Crippen molar-refractivity contribution in [2.45, 2.75) is 45.4 Å². The molecule has 2 heteroatoms. The summed E-state index contributed by atoms with van der Waals surface area (Å²) in [4.78, 5) is 1.43.